The molecule has 0 aliphatic carbocycles. The van der Waals surface area contributed by atoms with Crippen molar-refractivity contribution in [2.75, 3.05) is 17.2 Å². The summed E-state index contributed by atoms with van der Waals surface area (Å²) in [5.41, 5.74) is -0.288. The number of nitrogens with one attached hydrogen (secondary N) is 2. The number of aromatic nitrogens is 3. The van der Waals surface area contributed by atoms with Crippen LogP contribution < -0.4 is 15.4 Å². The van der Waals surface area contributed by atoms with E-state index in [1.165, 1.54) is 24.3 Å². The molecule has 2 rings (SSSR count). The molecule has 9 nitrogen and oxygen atoms in total. The second kappa shape index (κ2) is 8.79. The van der Waals surface area contributed by atoms with Crippen molar-refractivity contribution in [3.05, 3.63) is 47.0 Å². The molecule has 0 fully saturated rings. The predicted octanol–water partition coefficient (Wildman–Crippen LogP) is 3.99. The van der Waals surface area contributed by atoms with Crippen LogP contribution in [-0.2, 0) is 0 Å². The van der Waals surface area contributed by atoms with Gasteiger partial charge >= 0.3 is 18.4 Å². The van der Waals surface area contributed by atoms with Crippen LogP contribution in [-0.4, -0.2) is 44.9 Å². The number of non-ortho nitro benzene ring substituents is 1. The van der Waals surface area contributed by atoms with Crippen LogP contribution in [0.25, 0.3) is 0 Å². The summed E-state index contributed by atoms with van der Waals surface area (Å²) in [5.74, 6) is -0.939. The molecular formula is C15H12F6N6O3. The number of halogens is 6. The molecule has 2 N–H and O–H groups in total. The zero-order valence-corrected chi connectivity index (χ0v) is 14.7. The normalized spacial score (nSPS) is 11.8. The molecule has 0 unspecified atom stereocenters. The molecule has 2 aromatic rings. The van der Waals surface area contributed by atoms with Crippen molar-refractivity contribution >= 4 is 23.3 Å². The van der Waals surface area contributed by atoms with Crippen molar-refractivity contribution in [2.45, 2.75) is 18.5 Å². The Morgan fingerprint density at radius 1 is 1.13 bits per heavy atom. The number of alkyl halides is 6. The van der Waals surface area contributed by atoms with Crippen LogP contribution in [0, 0.1) is 10.1 Å². The maximum atomic E-state index is 12.7. The van der Waals surface area contributed by atoms with E-state index < -0.39 is 41.3 Å². The zero-order chi connectivity index (χ0) is 22.5. The van der Waals surface area contributed by atoms with E-state index in [0.29, 0.717) is 0 Å². The number of nitro benzene ring substituents is 1. The van der Waals surface area contributed by atoms with Gasteiger partial charge < -0.3 is 15.4 Å². The smallest absolute Gasteiger partial charge is 0.434 e. The maximum Gasteiger partial charge on any atom is 0.434 e. The van der Waals surface area contributed by atoms with Crippen molar-refractivity contribution < 1.29 is 36.0 Å². The molecule has 15 heteroatoms. The summed E-state index contributed by atoms with van der Waals surface area (Å²) in [6.45, 7) is 3.40. The minimum absolute atomic E-state index is 0.0155. The van der Waals surface area contributed by atoms with E-state index in [9.17, 15) is 36.5 Å². The van der Waals surface area contributed by atoms with Crippen molar-refractivity contribution in [2.24, 2.45) is 0 Å². The Morgan fingerprint density at radius 2 is 1.77 bits per heavy atom. The Morgan fingerprint density at radius 3 is 2.33 bits per heavy atom. The lowest BCUT2D eigenvalue weighted by Crippen LogP contribution is -2.47. The summed E-state index contributed by atoms with van der Waals surface area (Å²) in [7, 11) is 0. The van der Waals surface area contributed by atoms with Crippen LogP contribution >= 0.6 is 0 Å². The van der Waals surface area contributed by atoms with Crippen LogP contribution in [0.5, 0.6) is 6.01 Å². The van der Waals surface area contributed by atoms with Gasteiger partial charge in [0.15, 0.2) is 0 Å². The van der Waals surface area contributed by atoms with E-state index in [-0.39, 0.29) is 17.9 Å². The first-order chi connectivity index (χ1) is 13.9. The monoisotopic (exact) mass is 438 g/mol. The molecular weight excluding hydrogens is 426 g/mol. The molecule has 0 aliphatic heterocycles. The van der Waals surface area contributed by atoms with E-state index in [0.717, 1.165) is 6.07 Å². The fraction of sp³-hybridized carbons (Fsp3) is 0.267. The van der Waals surface area contributed by atoms with Gasteiger partial charge in [-0.15, -0.1) is 6.58 Å². The molecule has 1 aromatic heterocycles. The number of hydrogen-bond donors (Lipinski definition) is 2. The van der Waals surface area contributed by atoms with E-state index in [4.69, 9.17) is 0 Å². The lowest BCUT2D eigenvalue weighted by molar-refractivity contribution is -0.384. The lowest BCUT2D eigenvalue weighted by atomic mass is 10.3. The molecule has 1 aromatic carbocycles. The number of nitro groups is 1. The van der Waals surface area contributed by atoms with Crippen LogP contribution in [0.1, 0.15) is 0 Å². The Bertz CT molecular complexity index is 906. The van der Waals surface area contributed by atoms with Gasteiger partial charge in [0.2, 0.25) is 11.9 Å². The fourth-order valence-electron chi connectivity index (χ4n) is 1.96. The Kier molecular flexibility index (Phi) is 6.63. The minimum Gasteiger partial charge on any atom is -0.440 e. The maximum absolute atomic E-state index is 12.7. The van der Waals surface area contributed by atoms with Crippen molar-refractivity contribution in [1.82, 2.24) is 15.0 Å². The highest BCUT2D eigenvalue weighted by Gasteiger charge is 2.59. The number of benzene rings is 1. The molecule has 1 heterocycles. The van der Waals surface area contributed by atoms with Gasteiger partial charge in [-0.05, 0) is 6.07 Å². The first-order valence-electron chi connectivity index (χ1n) is 7.82. The quantitative estimate of drug-likeness (QED) is 0.275. The molecule has 0 saturated carbocycles. The lowest BCUT2D eigenvalue weighted by Gasteiger charge is -2.23. The van der Waals surface area contributed by atoms with Crippen LogP contribution in [0.2, 0.25) is 0 Å². The van der Waals surface area contributed by atoms with Gasteiger partial charge in [-0.1, -0.05) is 12.1 Å². The molecule has 0 saturated heterocycles. The number of ether oxygens (including phenoxy) is 1. The molecule has 0 atom stereocenters. The van der Waals surface area contributed by atoms with Crippen molar-refractivity contribution in [3.8, 4) is 6.01 Å². The average Bonchev–Trinajstić information content (AvgIpc) is 2.62. The van der Waals surface area contributed by atoms with E-state index in [2.05, 4.69) is 36.9 Å². The first kappa shape index (κ1) is 22.6. The van der Waals surface area contributed by atoms with Gasteiger partial charge in [0.05, 0.1) is 4.92 Å². The third-order valence-corrected chi connectivity index (χ3v) is 3.15. The highest BCUT2D eigenvalue weighted by atomic mass is 19.4. The largest absolute Gasteiger partial charge is 0.440 e. The SMILES string of the molecule is C=CCNc1nc(Nc2cccc([N+](=O)[O-])c2)nc(OC(C(F)(F)F)C(F)(F)F)n1. The second-order valence-corrected chi connectivity index (χ2v) is 5.45. The van der Waals surface area contributed by atoms with Gasteiger partial charge in [0.25, 0.3) is 11.8 Å². The average molecular weight is 438 g/mol. The summed E-state index contributed by atoms with van der Waals surface area (Å²) in [6.07, 6.45) is -14.4. The zero-order valence-electron chi connectivity index (χ0n) is 14.7. The summed E-state index contributed by atoms with van der Waals surface area (Å²) in [6, 6.07) is 3.57. The summed E-state index contributed by atoms with van der Waals surface area (Å²) in [5, 5.41) is 15.7. The van der Waals surface area contributed by atoms with Gasteiger partial charge in [-0.3, -0.25) is 10.1 Å². The predicted molar refractivity (Wildman–Crippen MR) is 91.4 cm³/mol. The third-order valence-electron chi connectivity index (χ3n) is 3.15. The first-order valence-corrected chi connectivity index (χ1v) is 7.82. The second-order valence-electron chi connectivity index (χ2n) is 5.45. The fourth-order valence-corrected chi connectivity index (χ4v) is 1.96. The minimum atomic E-state index is -5.78. The van der Waals surface area contributed by atoms with Crippen molar-refractivity contribution in [1.29, 1.82) is 0 Å². The van der Waals surface area contributed by atoms with Crippen LogP contribution in [0.4, 0.5) is 49.6 Å². The number of hydrogen-bond acceptors (Lipinski definition) is 8. The molecule has 162 valence electrons. The topological polar surface area (TPSA) is 115 Å². The number of rotatable bonds is 8. The molecule has 30 heavy (non-hydrogen) atoms. The molecule has 0 radical (unpaired) electrons. The number of anilines is 3. The van der Waals surface area contributed by atoms with Gasteiger partial charge in [0.1, 0.15) is 0 Å². The molecule has 0 amide bonds. The highest BCUT2D eigenvalue weighted by Crippen LogP contribution is 2.36. The van der Waals surface area contributed by atoms with Gasteiger partial charge in [0, 0.05) is 24.4 Å². The summed E-state index contributed by atoms with van der Waals surface area (Å²) < 4.78 is 80.5. The highest BCUT2D eigenvalue weighted by molar-refractivity contribution is 5.58. The number of nitrogens with zero attached hydrogens (tertiary/aromatic N) is 4. The molecule has 0 aliphatic rings. The van der Waals surface area contributed by atoms with Gasteiger partial charge in [-0.25, -0.2) is 0 Å². The van der Waals surface area contributed by atoms with Crippen LogP contribution in [0.15, 0.2) is 36.9 Å². The van der Waals surface area contributed by atoms with E-state index in [1.807, 2.05) is 0 Å². The van der Waals surface area contributed by atoms with E-state index >= 15 is 0 Å². The molecule has 0 spiro atoms. The Hall–Kier alpha value is -3.65. The van der Waals surface area contributed by atoms with Crippen molar-refractivity contribution in [3.63, 3.8) is 0 Å². The summed E-state index contributed by atoms with van der Waals surface area (Å²) >= 11 is 0. The molecule has 0 bridgehead atoms. The summed E-state index contributed by atoms with van der Waals surface area (Å²) in [4.78, 5) is 20.6. The van der Waals surface area contributed by atoms with Crippen LogP contribution in [0.3, 0.4) is 0 Å². The van der Waals surface area contributed by atoms with E-state index in [1.54, 1.807) is 0 Å². The third kappa shape index (κ3) is 6.18. The Balaban J connectivity index is 2.40. The van der Waals surface area contributed by atoms with Gasteiger partial charge in [-0.2, -0.15) is 41.3 Å². The standard InChI is InChI=1S/C15H12F6N6O3/c1-2-6-22-11-24-12(23-8-4-3-5-9(7-8)27(28)29)26-13(25-11)30-10(14(16,17)18)15(19,20)21/h2-5,7,10H,1,6H2,(H2,22,23,24,25,26). The Labute approximate surface area is 164 Å².